The highest BCUT2D eigenvalue weighted by atomic mass is 32.2. The molecule has 33 heteroatoms. The maximum Gasteiger partial charge on any atom is 0.410 e. The summed E-state index contributed by atoms with van der Waals surface area (Å²) in [6.45, 7) is 10.3. The standard InChI is InChI=1S/C74H85N11O20S2/c1-39(2)57(80-54(86)30-84-55(87)18-19-56(84)88)65(94)76-40(3)63(92)77-44-15-14-43(47(26-44)50-27-74(50)62(91)60(90)59(89)61(105-74)67(97)98)31-103-69(99)82(23-25-107(100,101)102)22-24-104-73-35-70(5)32-71(6,36-73)34-72(33-70,37-73)38-85-41(4)48(28-75-85)45-16-17-53(79-58(45)66(95)96)83-21-20-42-10-9-11-46(49(42)29-83)64(93)81-68-78-51-12-7-8-13-52(51)106-68/h7-19,26,28,39-40,50,57,59-62,89-91H,20-25,27,29-38H2,1-6H3,(H,76,94)(H,77,92)(H,80,86)(H,95,96)(H,97,98)(H,78,81,93)(H,100,101,102)/t40-,50?,57-,59-,60-,61-,62+,70?,71?,72?,73?,74-/m0/s1. The van der Waals surface area contributed by atoms with Crippen LogP contribution in [0.5, 0.6) is 0 Å². The number of benzene rings is 3. The summed E-state index contributed by atoms with van der Waals surface area (Å²) in [7, 11) is -4.65. The van der Waals surface area contributed by atoms with E-state index in [9.17, 15) is 81.7 Å². The summed E-state index contributed by atoms with van der Waals surface area (Å²) in [5, 5.41) is 69.9. The highest BCUT2D eigenvalue weighted by molar-refractivity contribution is 7.85. The molecule has 4 bridgehead atoms. The van der Waals surface area contributed by atoms with Crippen molar-refractivity contribution in [1.82, 2.24) is 40.2 Å². The number of anilines is 3. The predicted molar refractivity (Wildman–Crippen MR) is 385 cm³/mol. The molecule has 1 saturated heterocycles. The Labute approximate surface area is 618 Å². The third-order valence-corrected chi connectivity index (χ3v) is 23.7. The fraction of sp³-hybridized carbons (Fsp3) is 0.486. The number of amides is 7. The molecular weight excluding hydrogens is 1430 g/mol. The normalized spacial score (nSPS) is 26.8. The third-order valence-electron chi connectivity index (χ3n) is 22.0. The molecule has 3 aromatic carbocycles. The molecule has 3 aromatic heterocycles. The zero-order valence-electron chi connectivity index (χ0n) is 59.6. The number of ether oxygens (including phenoxy) is 3. The molecule has 10 N–H and O–H groups in total. The van der Waals surface area contributed by atoms with Crippen LogP contribution in [0.15, 0.2) is 91.1 Å². The van der Waals surface area contributed by atoms with E-state index in [2.05, 4.69) is 40.1 Å². The molecule has 6 heterocycles. The SMILES string of the molecule is Cc1c(-c2ccc(N3CCc4cccc(C(=O)Nc5nc6ccccc6s5)c4C3)nc2C(=O)O)cnn1CC12CC3(C)CC(C)(C1)CC(OCCN(CCS(=O)(=O)O)C(=O)OCc1ccc(NC(=O)[C@H](C)NC(=O)[C@@H](NC(=O)CN4C(=O)C=CC4=O)C(C)C)cc1C1C[C@]14O[C@H](C(=O)O)[C@@H](O)[C@H](O)[C@H]4O)(C3)C2. The van der Waals surface area contributed by atoms with Crippen molar-refractivity contribution in [2.24, 2.45) is 22.2 Å². The van der Waals surface area contributed by atoms with Crippen LogP contribution in [0.3, 0.4) is 0 Å². The van der Waals surface area contributed by atoms with Crippen molar-refractivity contribution in [2.75, 3.05) is 54.1 Å². The first kappa shape index (κ1) is 75.6. The fourth-order valence-electron chi connectivity index (χ4n) is 18.1. The largest absolute Gasteiger partial charge is 0.479 e. The Morgan fingerprint density at radius 1 is 0.822 bits per heavy atom. The Hall–Kier alpha value is -9.61. The van der Waals surface area contributed by atoms with Crippen molar-refractivity contribution < 1.29 is 95.9 Å². The number of nitrogens with zero attached hydrogens (tertiary/aromatic N) is 7. The topological polar surface area (TPSA) is 438 Å². The first-order valence-corrected chi connectivity index (χ1v) is 37.8. The second kappa shape index (κ2) is 28.8. The van der Waals surface area contributed by atoms with Crippen LogP contribution in [-0.2, 0) is 79.2 Å². The molecule has 0 radical (unpaired) electrons. The average Bonchev–Trinajstić information content (AvgIpc) is 1.50. The lowest BCUT2D eigenvalue weighted by Gasteiger charge is -2.69. The molecule has 6 fully saturated rings. The monoisotopic (exact) mass is 1510 g/mol. The summed E-state index contributed by atoms with van der Waals surface area (Å²) >= 11 is 1.38. The molecule has 1 spiro atoms. The van der Waals surface area contributed by atoms with Crippen LogP contribution >= 0.6 is 11.3 Å². The number of aliphatic carboxylic acids is 1. The van der Waals surface area contributed by atoms with Gasteiger partial charge in [-0.05, 0) is 152 Å². The van der Waals surface area contributed by atoms with Gasteiger partial charge in [-0.2, -0.15) is 13.5 Å². The minimum atomic E-state index is -4.65. The molecule has 31 nitrogen and oxygen atoms in total. The molecule has 10 atom stereocenters. The molecule has 107 heavy (non-hydrogen) atoms. The van der Waals surface area contributed by atoms with E-state index in [-0.39, 0.29) is 64.2 Å². The second-order valence-corrected chi connectivity index (χ2v) is 33.4. The van der Waals surface area contributed by atoms with E-state index >= 15 is 0 Å². The number of aliphatic hydroxyl groups excluding tert-OH is 3. The number of rotatable bonds is 26. The van der Waals surface area contributed by atoms with Gasteiger partial charge in [0.1, 0.15) is 55.0 Å². The number of nitrogens with one attached hydrogen (secondary N) is 4. The molecule has 7 amide bonds. The minimum absolute atomic E-state index is 0.0775. The van der Waals surface area contributed by atoms with Gasteiger partial charge in [0.15, 0.2) is 16.9 Å². The van der Waals surface area contributed by atoms with Gasteiger partial charge in [-0.3, -0.25) is 48.2 Å². The van der Waals surface area contributed by atoms with E-state index in [0.29, 0.717) is 77.9 Å². The van der Waals surface area contributed by atoms with Crippen LogP contribution in [0.2, 0.25) is 0 Å². The number of pyridine rings is 1. The fourth-order valence-corrected chi connectivity index (χ4v) is 19.4. The van der Waals surface area contributed by atoms with Gasteiger partial charge in [0.25, 0.3) is 27.8 Å². The Morgan fingerprint density at radius 3 is 2.24 bits per heavy atom. The Balaban J connectivity index is 0.686. The van der Waals surface area contributed by atoms with Crippen molar-refractivity contribution >= 4 is 102 Å². The molecule has 568 valence electrons. The molecule has 3 unspecified atom stereocenters. The number of para-hydroxylation sites is 1. The number of hydrogen-bond acceptors (Lipinski definition) is 22. The number of aliphatic hydroxyl groups is 3. The number of fused-ring (bicyclic) bond motifs is 2. The van der Waals surface area contributed by atoms with Crippen LogP contribution in [0.4, 0.5) is 21.4 Å². The number of carboxylic acids is 2. The minimum Gasteiger partial charge on any atom is -0.479 e. The predicted octanol–water partition coefficient (Wildman–Crippen LogP) is 5.34. The van der Waals surface area contributed by atoms with Gasteiger partial charge in [-0.15, -0.1) is 0 Å². The second-order valence-electron chi connectivity index (χ2n) is 30.8. The van der Waals surface area contributed by atoms with Crippen molar-refractivity contribution in [2.45, 2.75) is 166 Å². The molecule has 5 saturated carbocycles. The van der Waals surface area contributed by atoms with Crippen LogP contribution in [0, 0.1) is 29.1 Å². The van der Waals surface area contributed by atoms with Gasteiger partial charge in [-0.1, -0.05) is 69.4 Å². The molecule has 8 aliphatic rings. The lowest BCUT2D eigenvalue weighted by molar-refractivity contribution is -0.248. The summed E-state index contributed by atoms with van der Waals surface area (Å²) < 4.78 is 56.3. The molecule has 6 aromatic rings. The maximum atomic E-state index is 14.4. The number of carbonyl (C=O) groups excluding carboxylic acids is 7. The molecule has 5 aliphatic carbocycles. The van der Waals surface area contributed by atoms with Gasteiger partial charge in [0.2, 0.25) is 17.7 Å². The van der Waals surface area contributed by atoms with E-state index in [0.717, 1.165) is 63.4 Å². The number of imide groups is 1. The van der Waals surface area contributed by atoms with Crippen LogP contribution in [0.25, 0.3) is 21.3 Å². The Bertz CT molecular complexity index is 4700. The van der Waals surface area contributed by atoms with Gasteiger partial charge < -0.3 is 65.5 Å². The number of aromatic nitrogens is 4. The van der Waals surface area contributed by atoms with E-state index in [1.54, 1.807) is 38.2 Å². The third kappa shape index (κ3) is 15.5. The lowest BCUT2D eigenvalue weighted by Crippen LogP contribution is -2.64. The summed E-state index contributed by atoms with van der Waals surface area (Å²) in [5.41, 5.74) is 1.86. The average molecular weight is 1510 g/mol. The number of carboxylic acid groups (broad SMARTS) is 2. The highest BCUT2D eigenvalue weighted by Gasteiger charge is 2.69. The van der Waals surface area contributed by atoms with Gasteiger partial charge >= 0.3 is 18.0 Å². The number of thiazole rings is 1. The van der Waals surface area contributed by atoms with Gasteiger partial charge in [0, 0.05) is 78.9 Å². The van der Waals surface area contributed by atoms with Crippen molar-refractivity contribution in [3.63, 3.8) is 0 Å². The summed E-state index contributed by atoms with van der Waals surface area (Å²) in [5.74, 6) is -8.88. The summed E-state index contributed by atoms with van der Waals surface area (Å²) in [4.78, 5) is 131. The Morgan fingerprint density at radius 2 is 1.55 bits per heavy atom. The number of hydrogen-bond donors (Lipinski definition) is 10. The lowest BCUT2D eigenvalue weighted by atomic mass is 9.39. The van der Waals surface area contributed by atoms with Gasteiger partial charge in [0.05, 0.1) is 34.4 Å². The molecular formula is C74H85N11O20S2. The van der Waals surface area contributed by atoms with Crippen LogP contribution in [0.1, 0.15) is 134 Å². The number of carbonyl (C=O) groups is 9. The van der Waals surface area contributed by atoms with Gasteiger partial charge in [-0.25, -0.2) is 24.4 Å². The molecule has 3 aliphatic heterocycles. The van der Waals surface area contributed by atoms with E-state index in [1.807, 2.05) is 52.9 Å². The highest BCUT2D eigenvalue weighted by Crippen LogP contribution is 2.72. The van der Waals surface area contributed by atoms with Crippen LogP contribution < -0.4 is 26.2 Å². The zero-order chi connectivity index (χ0) is 76.6. The zero-order valence-corrected chi connectivity index (χ0v) is 61.3. The van der Waals surface area contributed by atoms with Crippen molar-refractivity contribution in [3.8, 4) is 11.1 Å². The number of aromatic carboxylic acids is 1. The maximum absolute atomic E-state index is 14.4. The smallest absolute Gasteiger partial charge is 0.410 e. The quantitative estimate of drug-likeness (QED) is 0.0242. The Kier molecular flexibility index (Phi) is 20.4. The van der Waals surface area contributed by atoms with E-state index in [4.69, 9.17) is 24.3 Å². The summed E-state index contributed by atoms with van der Waals surface area (Å²) in [6.07, 6.45) is -0.183. The van der Waals surface area contributed by atoms with Crippen molar-refractivity contribution in [1.29, 1.82) is 0 Å². The summed E-state index contributed by atoms with van der Waals surface area (Å²) in [6, 6.07) is 18.6. The van der Waals surface area contributed by atoms with E-state index in [1.165, 1.54) is 36.5 Å². The molecule has 14 rings (SSSR count). The van der Waals surface area contributed by atoms with Crippen molar-refractivity contribution in [3.05, 3.63) is 130 Å². The first-order chi connectivity index (χ1) is 50.6. The van der Waals surface area contributed by atoms with E-state index < -0.39 is 143 Å². The van der Waals surface area contributed by atoms with Crippen LogP contribution in [-0.4, -0.2) is 208 Å². The first-order valence-electron chi connectivity index (χ1n) is 35.4.